The van der Waals surface area contributed by atoms with Crippen LogP contribution in [0.5, 0.6) is 0 Å². The molecule has 2 amide bonds. The third-order valence-electron chi connectivity index (χ3n) is 6.27. The van der Waals surface area contributed by atoms with Crippen molar-refractivity contribution < 1.29 is 19.5 Å². The number of hydrogen-bond donors (Lipinski definition) is 1. The number of anilines is 1. The lowest BCUT2D eigenvalue weighted by molar-refractivity contribution is -0.136. The first-order chi connectivity index (χ1) is 15.0. The number of thiophene rings is 1. The van der Waals surface area contributed by atoms with Crippen molar-refractivity contribution in [2.45, 2.75) is 72.3 Å². The van der Waals surface area contributed by atoms with E-state index in [1.165, 1.54) is 4.90 Å². The van der Waals surface area contributed by atoms with Crippen LogP contribution in [0.25, 0.3) is 0 Å². The Morgan fingerprint density at radius 3 is 2.44 bits per heavy atom. The third-order valence-corrected chi connectivity index (χ3v) is 7.30. The van der Waals surface area contributed by atoms with Crippen molar-refractivity contribution in [3.63, 3.8) is 0 Å². The first-order valence-electron chi connectivity index (χ1n) is 11.5. The predicted octanol–water partition coefficient (Wildman–Crippen LogP) is 4.62. The van der Waals surface area contributed by atoms with Crippen LogP contribution in [0.2, 0.25) is 0 Å². The van der Waals surface area contributed by atoms with E-state index in [2.05, 4.69) is 18.8 Å². The fourth-order valence-corrected chi connectivity index (χ4v) is 5.26. The lowest BCUT2D eigenvalue weighted by atomic mass is 9.82. The first-order valence-corrected chi connectivity index (χ1v) is 12.3. The Morgan fingerprint density at radius 1 is 1.19 bits per heavy atom. The predicted molar refractivity (Wildman–Crippen MR) is 127 cm³/mol. The number of amides is 2. The van der Waals surface area contributed by atoms with Crippen LogP contribution in [-0.4, -0.2) is 47.4 Å². The number of piperidine rings is 1. The van der Waals surface area contributed by atoms with E-state index in [4.69, 9.17) is 0 Å². The number of aromatic carboxylic acids is 1. The van der Waals surface area contributed by atoms with Crippen molar-refractivity contribution in [3.8, 4) is 11.8 Å². The van der Waals surface area contributed by atoms with Gasteiger partial charge in [0.1, 0.15) is 10.9 Å². The van der Waals surface area contributed by atoms with Gasteiger partial charge in [-0.05, 0) is 71.3 Å². The highest BCUT2D eigenvalue weighted by atomic mass is 32.1. The van der Waals surface area contributed by atoms with Gasteiger partial charge < -0.3 is 10.0 Å². The van der Waals surface area contributed by atoms with Gasteiger partial charge in [0.2, 0.25) is 11.8 Å². The normalized spacial score (nSPS) is 24.0. The number of carboxylic acid groups (broad SMARTS) is 1. The number of nitrogens with zero attached hydrogens (tertiary/aromatic N) is 2. The zero-order valence-electron chi connectivity index (χ0n) is 19.7. The molecule has 174 valence electrons. The minimum Gasteiger partial charge on any atom is -0.477 e. The molecule has 1 saturated heterocycles. The van der Waals surface area contributed by atoms with E-state index in [0.717, 1.165) is 43.4 Å². The van der Waals surface area contributed by atoms with Crippen LogP contribution in [0.3, 0.4) is 0 Å². The minimum absolute atomic E-state index is 0.0711. The van der Waals surface area contributed by atoms with Crippen LogP contribution in [0.15, 0.2) is 6.07 Å². The van der Waals surface area contributed by atoms with Crippen LogP contribution in [0.1, 0.15) is 80.8 Å². The summed E-state index contributed by atoms with van der Waals surface area (Å²) in [6, 6.07) is 1.02. The summed E-state index contributed by atoms with van der Waals surface area (Å²) in [5.74, 6) is 5.27. The zero-order chi connectivity index (χ0) is 23.6. The number of hydrogen-bond acceptors (Lipinski definition) is 4. The highest BCUT2D eigenvalue weighted by Crippen LogP contribution is 2.37. The third kappa shape index (κ3) is 5.53. The summed E-state index contributed by atoms with van der Waals surface area (Å²) < 4.78 is 0. The number of carboxylic acids is 1. The molecule has 1 unspecified atom stereocenters. The van der Waals surface area contributed by atoms with Crippen molar-refractivity contribution in [1.82, 2.24) is 4.90 Å². The van der Waals surface area contributed by atoms with Crippen molar-refractivity contribution in [1.29, 1.82) is 0 Å². The second-order valence-electron chi connectivity index (χ2n) is 10.2. The highest BCUT2D eigenvalue weighted by molar-refractivity contribution is 7.15. The Kier molecular flexibility index (Phi) is 7.34. The molecule has 1 aliphatic heterocycles. The summed E-state index contributed by atoms with van der Waals surface area (Å²) in [7, 11) is 1.74. The monoisotopic (exact) mass is 458 g/mol. The molecule has 0 radical (unpaired) electrons. The van der Waals surface area contributed by atoms with Crippen molar-refractivity contribution in [2.24, 2.45) is 17.3 Å². The van der Waals surface area contributed by atoms with Gasteiger partial charge in [-0.3, -0.25) is 14.5 Å². The van der Waals surface area contributed by atoms with E-state index >= 15 is 0 Å². The van der Waals surface area contributed by atoms with E-state index in [-0.39, 0.29) is 28.0 Å². The Balaban J connectivity index is 2.07. The second-order valence-corrected chi connectivity index (χ2v) is 11.3. The molecule has 1 aliphatic carbocycles. The van der Waals surface area contributed by atoms with Gasteiger partial charge in [0.05, 0.1) is 10.6 Å². The molecule has 7 heteroatoms. The molecule has 1 aromatic rings. The summed E-state index contributed by atoms with van der Waals surface area (Å²) in [6.07, 6.45) is 4.81. The molecule has 1 aromatic heterocycles. The highest BCUT2D eigenvalue weighted by Gasteiger charge is 2.40. The SMILES string of the molecule is CC1CCC(C(=O)N(c2cc(C#CC(C)(C)C)sc2C(=O)O)C2CCCN(C)C2=O)CC1. The van der Waals surface area contributed by atoms with Gasteiger partial charge in [-0.25, -0.2) is 4.79 Å². The Hall–Kier alpha value is -2.33. The molecule has 1 N–H and O–H groups in total. The van der Waals surface area contributed by atoms with Crippen LogP contribution < -0.4 is 4.90 Å². The summed E-state index contributed by atoms with van der Waals surface area (Å²) in [4.78, 5) is 42.8. The second kappa shape index (κ2) is 9.66. The van der Waals surface area contributed by atoms with Crippen LogP contribution in [-0.2, 0) is 9.59 Å². The topological polar surface area (TPSA) is 77.9 Å². The number of likely N-dealkylation sites (tertiary alicyclic amines) is 1. The standard InChI is InChI=1S/C25H34N2O4S/c1-16-8-10-17(11-9-16)22(28)27(19-7-6-14-26(5)23(19)29)20-15-18(12-13-25(2,3)4)32-21(20)24(30)31/h15-17,19H,6-11,14H2,1-5H3,(H,30,31). The zero-order valence-corrected chi connectivity index (χ0v) is 20.6. The molecule has 0 spiro atoms. The molecular weight excluding hydrogens is 424 g/mol. The summed E-state index contributed by atoms with van der Waals surface area (Å²) in [6.45, 7) is 8.81. The molecule has 2 aliphatic rings. The maximum Gasteiger partial charge on any atom is 0.348 e. The molecule has 2 heterocycles. The lowest BCUT2D eigenvalue weighted by Crippen LogP contribution is -2.55. The lowest BCUT2D eigenvalue weighted by Gasteiger charge is -2.39. The first kappa shape index (κ1) is 24.3. The van der Waals surface area contributed by atoms with Crippen molar-refractivity contribution >= 4 is 34.8 Å². The van der Waals surface area contributed by atoms with Gasteiger partial charge in [0, 0.05) is 24.9 Å². The van der Waals surface area contributed by atoms with Gasteiger partial charge >= 0.3 is 5.97 Å². The Labute approximate surface area is 195 Å². The maximum absolute atomic E-state index is 13.8. The smallest absolute Gasteiger partial charge is 0.348 e. The number of rotatable bonds is 4. The largest absolute Gasteiger partial charge is 0.477 e. The summed E-state index contributed by atoms with van der Waals surface area (Å²) in [5, 5.41) is 9.93. The van der Waals surface area contributed by atoms with Gasteiger partial charge in [-0.2, -0.15) is 0 Å². The fourth-order valence-electron chi connectivity index (χ4n) is 4.42. The van der Waals surface area contributed by atoms with Gasteiger partial charge in [0.15, 0.2) is 0 Å². The maximum atomic E-state index is 13.8. The Morgan fingerprint density at radius 2 is 1.84 bits per heavy atom. The number of carbonyl (C=O) groups is 3. The van der Waals surface area contributed by atoms with Gasteiger partial charge in [-0.15, -0.1) is 11.3 Å². The van der Waals surface area contributed by atoms with E-state index in [9.17, 15) is 19.5 Å². The van der Waals surface area contributed by atoms with Crippen LogP contribution in [0, 0.1) is 29.1 Å². The fraction of sp³-hybridized carbons (Fsp3) is 0.640. The average molecular weight is 459 g/mol. The van der Waals surface area contributed by atoms with Crippen molar-refractivity contribution in [3.05, 3.63) is 15.8 Å². The summed E-state index contributed by atoms with van der Waals surface area (Å²) in [5.41, 5.74) is 0.0853. The molecule has 0 bridgehead atoms. The molecule has 6 nitrogen and oxygen atoms in total. The van der Waals surface area contributed by atoms with E-state index in [0.29, 0.717) is 29.4 Å². The molecule has 1 saturated carbocycles. The number of likely N-dealkylation sites (N-methyl/N-ethyl adjacent to an activating group) is 1. The van der Waals surface area contributed by atoms with E-state index < -0.39 is 12.0 Å². The van der Waals surface area contributed by atoms with Gasteiger partial charge in [-0.1, -0.05) is 18.8 Å². The van der Waals surface area contributed by atoms with Crippen molar-refractivity contribution in [2.75, 3.05) is 18.5 Å². The minimum atomic E-state index is -1.10. The molecule has 32 heavy (non-hydrogen) atoms. The molecule has 1 atom stereocenters. The summed E-state index contributed by atoms with van der Waals surface area (Å²) >= 11 is 1.08. The van der Waals surface area contributed by atoms with E-state index in [1.54, 1.807) is 18.0 Å². The molecule has 0 aromatic carbocycles. The van der Waals surface area contributed by atoms with E-state index in [1.807, 2.05) is 20.8 Å². The molecule has 3 rings (SSSR count). The van der Waals surface area contributed by atoms with Gasteiger partial charge in [0.25, 0.3) is 0 Å². The quantitative estimate of drug-likeness (QED) is 0.668. The van der Waals surface area contributed by atoms with Crippen LogP contribution in [0.4, 0.5) is 5.69 Å². The Bertz CT molecular complexity index is 941. The number of carbonyl (C=O) groups excluding carboxylic acids is 2. The average Bonchev–Trinajstić information content (AvgIpc) is 3.14. The van der Waals surface area contributed by atoms with Crippen LogP contribution >= 0.6 is 11.3 Å². The molecule has 2 fully saturated rings. The molecular formula is C25H34N2O4S.